The number of likely N-dealkylation sites (tertiary alicyclic amines) is 1. The maximum absolute atomic E-state index is 13.3. The topological polar surface area (TPSA) is 49.4 Å². The molecular formula is C18H25FN2O2. The fraction of sp³-hybridized carbons (Fsp3) is 0.556. The maximum atomic E-state index is 13.3. The molecule has 1 saturated heterocycles. The maximum Gasteiger partial charge on any atom is 0.243 e. The van der Waals surface area contributed by atoms with Gasteiger partial charge in [-0.3, -0.25) is 9.59 Å². The van der Waals surface area contributed by atoms with E-state index < -0.39 is 6.04 Å². The first-order valence-corrected chi connectivity index (χ1v) is 8.23. The quantitative estimate of drug-likeness (QED) is 0.906. The van der Waals surface area contributed by atoms with Crippen molar-refractivity contribution >= 4 is 11.8 Å². The summed E-state index contributed by atoms with van der Waals surface area (Å²) in [4.78, 5) is 26.5. The van der Waals surface area contributed by atoms with E-state index in [-0.39, 0.29) is 29.6 Å². The minimum atomic E-state index is -0.405. The Morgan fingerprint density at radius 3 is 2.74 bits per heavy atom. The summed E-state index contributed by atoms with van der Waals surface area (Å²) in [7, 11) is 0. The Balaban J connectivity index is 2.00. The second kappa shape index (κ2) is 7.57. The minimum absolute atomic E-state index is 0.0380. The van der Waals surface area contributed by atoms with E-state index in [1.54, 1.807) is 17.0 Å². The third-order valence-electron chi connectivity index (χ3n) is 4.17. The summed E-state index contributed by atoms with van der Waals surface area (Å²) in [6, 6.07) is 5.51. The van der Waals surface area contributed by atoms with Crippen LogP contribution < -0.4 is 5.32 Å². The number of carbonyl (C=O) groups is 2. The predicted octanol–water partition coefficient (Wildman–Crippen LogP) is 3.04. The fourth-order valence-corrected chi connectivity index (χ4v) is 2.97. The molecule has 1 fully saturated rings. The molecular weight excluding hydrogens is 295 g/mol. The highest BCUT2D eigenvalue weighted by atomic mass is 19.1. The molecule has 5 heteroatoms. The van der Waals surface area contributed by atoms with Crippen LogP contribution in [0.15, 0.2) is 24.3 Å². The van der Waals surface area contributed by atoms with Gasteiger partial charge < -0.3 is 10.2 Å². The number of nitrogens with zero attached hydrogens (tertiary/aromatic N) is 1. The second-order valence-corrected chi connectivity index (χ2v) is 6.63. The Kier molecular flexibility index (Phi) is 5.74. The van der Waals surface area contributed by atoms with Gasteiger partial charge in [0.2, 0.25) is 11.8 Å². The molecule has 2 amide bonds. The average molecular weight is 320 g/mol. The van der Waals surface area contributed by atoms with Crippen molar-refractivity contribution in [1.29, 1.82) is 0 Å². The SMILES string of the molecule is CC(C)CC(=O)N1CCCC1C(=O)N[C@@H](C)c1cccc(F)c1. The zero-order valence-electron chi connectivity index (χ0n) is 14.0. The predicted molar refractivity (Wildman–Crippen MR) is 87.1 cm³/mol. The normalized spacial score (nSPS) is 19.0. The number of amides is 2. The molecule has 1 N–H and O–H groups in total. The van der Waals surface area contributed by atoms with Gasteiger partial charge in [0.15, 0.2) is 0 Å². The van der Waals surface area contributed by atoms with Crippen LogP contribution in [0.3, 0.4) is 0 Å². The van der Waals surface area contributed by atoms with Crippen molar-refractivity contribution in [2.75, 3.05) is 6.54 Å². The molecule has 2 atom stereocenters. The largest absolute Gasteiger partial charge is 0.348 e. The fourth-order valence-electron chi connectivity index (χ4n) is 2.97. The number of rotatable bonds is 5. The highest BCUT2D eigenvalue weighted by Gasteiger charge is 2.34. The van der Waals surface area contributed by atoms with Crippen molar-refractivity contribution in [2.45, 2.75) is 52.1 Å². The molecule has 1 heterocycles. The number of hydrogen-bond donors (Lipinski definition) is 1. The molecule has 0 bridgehead atoms. The van der Waals surface area contributed by atoms with Crippen LogP contribution in [0.2, 0.25) is 0 Å². The zero-order chi connectivity index (χ0) is 17.0. The minimum Gasteiger partial charge on any atom is -0.348 e. The van der Waals surface area contributed by atoms with Crippen LogP contribution in [0, 0.1) is 11.7 Å². The van der Waals surface area contributed by atoms with E-state index in [2.05, 4.69) is 5.32 Å². The van der Waals surface area contributed by atoms with Gasteiger partial charge in [-0.25, -0.2) is 4.39 Å². The number of nitrogens with one attached hydrogen (secondary N) is 1. The van der Waals surface area contributed by atoms with E-state index >= 15 is 0 Å². The average Bonchev–Trinajstić information content (AvgIpc) is 2.96. The summed E-state index contributed by atoms with van der Waals surface area (Å²) < 4.78 is 13.3. The summed E-state index contributed by atoms with van der Waals surface area (Å²) >= 11 is 0. The molecule has 2 rings (SSSR count). The van der Waals surface area contributed by atoms with Crippen LogP contribution in [0.25, 0.3) is 0 Å². The molecule has 1 aromatic carbocycles. The van der Waals surface area contributed by atoms with E-state index in [4.69, 9.17) is 0 Å². The first-order valence-electron chi connectivity index (χ1n) is 8.23. The Bertz CT molecular complexity index is 574. The lowest BCUT2D eigenvalue weighted by Crippen LogP contribution is -2.46. The summed E-state index contributed by atoms with van der Waals surface area (Å²) in [6.45, 7) is 6.45. The van der Waals surface area contributed by atoms with Crippen LogP contribution in [0.4, 0.5) is 4.39 Å². The smallest absolute Gasteiger partial charge is 0.243 e. The van der Waals surface area contributed by atoms with Crippen molar-refractivity contribution in [3.8, 4) is 0 Å². The molecule has 0 radical (unpaired) electrons. The van der Waals surface area contributed by atoms with E-state index in [1.807, 2.05) is 20.8 Å². The Hall–Kier alpha value is -1.91. The van der Waals surface area contributed by atoms with Gasteiger partial charge in [0.1, 0.15) is 11.9 Å². The van der Waals surface area contributed by atoms with Crippen LogP contribution >= 0.6 is 0 Å². The molecule has 1 aliphatic rings. The lowest BCUT2D eigenvalue weighted by Gasteiger charge is -2.26. The third-order valence-corrected chi connectivity index (χ3v) is 4.17. The van der Waals surface area contributed by atoms with Crippen LogP contribution in [-0.4, -0.2) is 29.3 Å². The highest BCUT2D eigenvalue weighted by molar-refractivity contribution is 5.88. The Morgan fingerprint density at radius 2 is 2.09 bits per heavy atom. The Labute approximate surface area is 137 Å². The van der Waals surface area contributed by atoms with Crippen LogP contribution in [-0.2, 0) is 9.59 Å². The monoisotopic (exact) mass is 320 g/mol. The molecule has 23 heavy (non-hydrogen) atoms. The van der Waals surface area contributed by atoms with Crippen molar-refractivity contribution < 1.29 is 14.0 Å². The Morgan fingerprint density at radius 1 is 1.35 bits per heavy atom. The third kappa shape index (κ3) is 4.53. The van der Waals surface area contributed by atoms with Gasteiger partial charge in [-0.05, 0) is 43.4 Å². The number of benzene rings is 1. The summed E-state index contributed by atoms with van der Waals surface area (Å²) in [5, 5.41) is 2.90. The molecule has 126 valence electrons. The van der Waals surface area contributed by atoms with Gasteiger partial charge in [-0.2, -0.15) is 0 Å². The second-order valence-electron chi connectivity index (χ2n) is 6.63. The van der Waals surface area contributed by atoms with Gasteiger partial charge in [-0.1, -0.05) is 26.0 Å². The summed E-state index contributed by atoms with van der Waals surface area (Å²) in [6.07, 6.45) is 1.99. The van der Waals surface area contributed by atoms with Gasteiger partial charge in [-0.15, -0.1) is 0 Å². The first-order chi connectivity index (χ1) is 10.9. The van der Waals surface area contributed by atoms with E-state index in [0.717, 1.165) is 12.0 Å². The molecule has 0 aliphatic carbocycles. The van der Waals surface area contributed by atoms with Crippen molar-refractivity contribution in [2.24, 2.45) is 5.92 Å². The molecule has 0 spiro atoms. The molecule has 0 saturated carbocycles. The van der Waals surface area contributed by atoms with E-state index in [9.17, 15) is 14.0 Å². The molecule has 1 aliphatic heterocycles. The van der Waals surface area contributed by atoms with Gasteiger partial charge in [0.25, 0.3) is 0 Å². The van der Waals surface area contributed by atoms with Crippen molar-refractivity contribution in [3.05, 3.63) is 35.6 Å². The van der Waals surface area contributed by atoms with Crippen LogP contribution in [0.5, 0.6) is 0 Å². The van der Waals surface area contributed by atoms with E-state index in [0.29, 0.717) is 19.4 Å². The molecule has 4 nitrogen and oxygen atoms in total. The molecule has 1 aromatic rings. The highest BCUT2D eigenvalue weighted by Crippen LogP contribution is 2.21. The van der Waals surface area contributed by atoms with Gasteiger partial charge in [0.05, 0.1) is 6.04 Å². The van der Waals surface area contributed by atoms with Crippen molar-refractivity contribution in [1.82, 2.24) is 10.2 Å². The molecule has 0 aromatic heterocycles. The first kappa shape index (κ1) is 17.4. The lowest BCUT2D eigenvalue weighted by molar-refractivity contribution is -0.139. The number of carbonyl (C=O) groups excluding carboxylic acids is 2. The molecule has 1 unspecified atom stereocenters. The summed E-state index contributed by atoms with van der Waals surface area (Å²) in [5.41, 5.74) is 0.719. The standard InChI is InChI=1S/C18H25FN2O2/c1-12(2)10-17(22)21-9-5-8-16(21)18(23)20-13(3)14-6-4-7-15(19)11-14/h4,6-7,11-13,16H,5,8-10H2,1-3H3,(H,20,23)/t13-,16?/m0/s1. The number of halogens is 1. The zero-order valence-corrected chi connectivity index (χ0v) is 14.0. The number of hydrogen-bond acceptors (Lipinski definition) is 2. The summed E-state index contributed by atoms with van der Waals surface area (Å²) in [5.74, 6) is -0.163. The van der Waals surface area contributed by atoms with Crippen LogP contribution in [0.1, 0.15) is 51.6 Å². The van der Waals surface area contributed by atoms with E-state index in [1.165, 1.54) is 12.1 Å². The van der Waals surface area contributed by atoms with Gasteiger partial charge in [0, 0.05) is 13.0 Å². The van der Waals surface area contributed by atoms with Crippen molar-refractivity contribution in [3.63, 3.8) is 0 Å². The van der Waals surface area contributed by atoms with Gasteiger partial charge >= 0.3 is 0 Å². The lowest BCUT2D eigenvalue weighted by atomic mass is 10.1.